The maximum Gasteiger partial charge on any atom is 0.331 e. The third-order valence-electron chi connectivity index (χ3n) is 16.1. The van der Waals surface area contributed by atoms with Crippen molar-refractivity contribution in [1.82, 2.24) is 30.4 Å². The van der Waals surface area contributed by atoms with Gasteiger partial charge in [-0.15, -0.1) is 20.4 Å². The molecule has 1 radical (unpaired) electrons. The molecular formula is C67H93BClN12O20. The number of aromatic hydroxyl groups is 2. The standard InChI is InChI=1S/C33H44N6O9.C28H41ClN6O8.C6H6BO2.H2O/c34-33-29(20-28(36-37-33)27-3-1-2-4-30(27)40)38-21-25-5-6-26(22-38)39(25)24-7-8-35-31(19-24)48-18-17-46-14-13-44-10-9-43-11-12-45-15-16-47-23-32(41)42;1-37-27(36)20-42-13-12-40-9-8-38-6-7-39-10-11-41-14-15-43-26-16-21(4-5-31-26)35-22-2-3-23(35)19-34(18-22)24-17-25(29)32-33-28(24)30;8-6-4-2-1-3-5(6)7-9;/h1-4,7-8,19-20,25-26,40H,5-6,9-18,21-23H2,(H2,34,37)(H,41,42);4-5,16-17,22-23H,2-3,6-15,18-20H2,1H3,(H2,30,33);1-4,8-9H;1H2. The highest BCUT2D eigenvalue weighted by atomic mass is 35.5. The summed E-state index contributed by atoms with van der Waals surface area (Å²) in [6.07, 6.45) is 7.88. The number of phenols is 2. The second-order valence-electron chi connectivity index (χ2n) is 22.9. The van der Waals surface area contributed by atoms with Gasteiger partial charge in [-0.2, -0.15) is 0 Å². The maximum atomic E-state index is 10.9. The van der Waals surface area contributed by atoms with E-state index in [2.05, 4.69) is 54.7 Å². The van der Waals surface area contributed by atoms with E-state index >= 15 is 0 Å². The molecule has 10 rings (SSSR count). The summed E-state index contributed by atoms with van der Waals surface area (Å²) in [5, 5.41) is 52.8. The normalized spacial score (nSPS) is 16.5. The van der Waals surface area contributed by atoms with Crippen LogP contribution in [0.2, 0.25) is 5.15 Å². The second kappa shape index (κ2) is 44.9. The molecule has 4 aliphatic heterocycles. The zero-order valence-corrected chi connectivity index (χ0v) is 57.5. The lowest BCUT2D eigenvalue weighted by atomic mass is 9.88. The van der Waals surface area contributed by atoms with Crippen LogP contribution in [0.3, 0.4) is 0 Å². The van der Waals surface area contributed by atoms with Gasteiger partial charge in [-0.05, 0) is 67.5 Å². The zero-order chi connectivity index (χ0) is 70.5. The first-order valence-electron chi connectivity index (χ1n) is 33.1. The molecule has 4 bridgehead atoms. The number of phenolic OH excluding ortho intramolecular Hbond substituents is 2. The van der Waals surface area contributed by atoms with Crippen LogP contribution in [-0.2, 0) is 61.7 Å². The van der Waals surface area contributed by atoms with E-state index in [-0.39, 0.29) is 36.8 Å². The summed E-state index contributed by atoms with van der Waals surface area (Å²) in [5.41, 5.74) is 17.9. The average molecular weight is 1430 g/mol. The van der Waals surface area contributed by atoms with E-state index in [0.29, 0.717) is 195 Å². The number of esters is 1. The molecule has 0 saturated carbocycles. The number of aliphatic carboxylic acids is 1. The summed E-state index contributed by atoms with van der Waals surface area (Å²) >= 11 is 6.08. The van der Waals surface area contributed by atoms with Crippen molar-refractivity contribution in [2.24, 2.45) is 0 Å². The van der Waals surface area contributed by atoms with E-state index in [1.165, 1.54) is 13.2 Å². The van der Waals surface area contributed by atoms with Gasteiger partial charge in [-0.1, -0.05) is 41.9 Å². The van der Waals surface area contributed by atoms with Gasteiger partial charge in [0.05, 0.1) is 143 Å². The molecule has 6 aromatic rings. The fraction of sp³-hybridized carbons (Fsp3) is 0.522. The number of ether oxygens (including phenoxy) is 13. The molecule has 4 unspecified atom stereocenters. The number of nitrogens with two attached hydrogens (primary N) is 2. The summed E-state index contributed by atoms with van der Waals surface area (Å²) in [5.74, 6) is 0.745. The molecule has 4 fully saturated rings. The van der Waals surface area contributed by atoms with E-state index < -0.39 is 11.9 Å². The van der Waals surface area contributed by atoms with Crippen LogP contribution in [0.5, 0.6) is 23.3 Å². The number of hydrogen-bond donors (Lipinski definition) is 6. The lowest BCUT2D eigenvalue weighted by molar-refractivity contribution is -0.146. The van der Waals surface area contributed by atoms with Crippen molar-refractivity contribution in [2.75, 3.05) is 210 Å². The quantitative estimate of drug-likeness (QED) is 0.0182. The van der Waals surface area contributed by atoms with E-state index in [1.54, 1.807) is 48.8 Å². The number of nitrogens with zero attached hydrogens (tertiary/aromatic N) is 10. The molecule has 10 N–H and O–H groups in total. The Bertz CT molecular complexity index is 3360. The van der Waals surface area contributed by atoms with Crippen LogP contribution in [0.1, 0.15) is 25.7 Å². The minimum atomic E-state index is -1.000. The number of methoxy groups -OCH3 is 1. The summed E-state index contributed by atoms with van der Waals surface area (Å²) in [6.45, 7) is 11.0. The van der Waals surface area contributed by atoms with Gasteiger partial charge >= 0.3 is 19.4 Å². The number of fused-ring (bicyclic) bond motifs is 4. The topological polar surface area (TPSA) is 409 Å². The van der Waals surface area contributed by atoms with Gasteiger partial charge in [0.25, 0.3) is 0 Å². The van der Waals surface area contributed by atoms with Crippen molar-refractivity contribution in [3.63, 3.8) is 0 Å². The number of carbonyl (C=O) groups excluding carboxylic acids is 1. The molecule has 4 atom stereocenters. The molecule has 8 heterocycles. The molecule has 0 aliphatic carbocycles. The predicted octanol–water partition coefficient (Wildman–Crippen LogP) is 2.63. The lowest BCUT2D eigenvalue weighted by Crippen LogP contribution is -2.54. The number of aromatic nitrogens is 6. The lowest BCUT2D eigenvalue weighted by Gasteiger charge is -2.43. The summed E-state index contributed by atoms with van der Waals surface area (Å²) < 4.78 is 69.9. The largest absolute Gasteiger partial charge is 0.508 e. The molecule has 2 aromatic carbocycles. The number of hydrogen-bond acceptors (Lipinski definition) is 30. The molecule has 0 amide bonds. The fourth-order valence-electron chi connectivity index (χ4n) is 11.5. The molecule has 4 aliphatic rings. The predicted molar refractivity (Wildman–Crippen MR) is 375 cm³/mol. The third kappa shape index (κ3) is 26.9. The van der Waals surface area contributed by atoms with Crippen molar-refractivity contribution in [1.29, 1.82) is 0 Å². The van der Waals surface area contributed by atoms with Gasteiger partial charge < -0.3 is 118 Å². The highest BCUT2D eigenvalue weighted by Crippen LogP contribution is 2.41. The van der Waals surface area contributed by atoms with Gasteiger partial charge in [0, 0.05) is 97.9 Å². The molecule has 4 saturated heterocycles. The maximum absolute atomic E-state index is 10.9. The SMILES string of the molecule is COC(=O)COCCOCCOCCOCCOCCOc1cc(N2C3CCC2CN(c2cc(Cl)nnc2N)C3)ccn1.Nc1nnc(-c2ccccc2O)cc1N1CC2CCC(C1)N2c1ccnc(OCCOCCOCCOCCOCCOCC(=O)O)c1.O.O[B]c1ccccc1O. The van der Waals surface area contributed by atoms with Crippen LogP contribution in [0, 0.1) is 0 Å². The number of halogens is 1. The number of piperazine rings is 2. The third-order valence-corrected chi connectivity index (χ3v) is 16.3. The number of anilines is 6. The number of pyridine rings is 2. The van der Waals surface area contributed by atoms with Crippen molar-refractivity contribution in [3.05, 3.63) is 102 Å². The number of carboxylic acid groups (broad SMARTS) is 1. The Balaban J connectivity index is 0.000000250. The Morgan fingerprint density at radius 1 is 0.505 bits per heavy atom. The summed E-state index contributed by atoms with van der Waals surface area (Å²) in [6, 6.07) is 26.7. The molecule has 101 heavy (non-hydrogen) atoms. The van der Waals surface area contributed by atoms with Crippen LogP contribution < -0.4 is 46.0 Å². The zero-order valence-electron chi connectivity index (χ0n) is 56.8. The van der Waals surface area contributed by atoms with Crippen LogP contribution in [0.15, 0.2) is 97.3 Å². The number of para-hydroxylation sites is 2. The van der Waals surface area contributed by atoms with Gasteiger partial charge in [0.1, 0.15) is 37.9 Å². The second-order valence-corrected chi connectivity index (χ2v) is 23.3. The Kier molecular flexibility index (Phi) is 35.5. The number of benzene rings is 2. The first-order valence-corrected chi connectivity index (χ1v) is 33.5. The first kappa shape index (κ1) is 80.0. The molecule has 0 spiro atoms. The Morgan fingerprint density at radius 3 is 1.30 bits per heavy atom. The molecule has 551 valence electrons. The van der Waals surface area contributed by atoms with Crippen molar-refractivity contribution >= 4 is 70.9 Å². The van der Waals surface area contributed by atoms with E-state index in [9.17, 15) is 14.7 Å². The average Bonchev–Trinajstić information content (AvgIpc) is 1.69. The van der Waals surface area contributed by atoms with Gasteiger partial charge in [-0.3, -0.25) is 0 Å². The van der Waals surface area contributed by atoms with E-state index in [0.717, 1.165) is 82.1 Å². The molecule has 4 aromatic heterocycles. The number of carboxylic acids is 1. The molecule has 32 nitrogen and oxygen atoms in total. The number of carbonyl (C=O) groups is 2. The van der Waals surface area contributed by atoms with Crippen LogP contribution >= 0.6 is 11.6 Å². The van der Waals surface area contributed by atoms with Gasteiger partial charge in [0.15, 0.2) is 16.8 Å². The smallest absolute Gasteiger partial charge is 0.331 e. The van der Waals surface area contributed by atoms with Gasteiger partial charge in [0.2, 0.25) is 11.8 Å². The Labute approximate surface area is 592 Å². The highest BCUT2D eigenvalue weighted by Gasteiger charge is 2.42. The highest BCUT2D eigenvalue weighted by molar-refractivity contribution is 6.46. The van der Waals surface area contributed by atoms with Crippen molar-refractivity contribution in [2.45, 2.75) is 49.9 Å². The van der Waals surface area contributed by atoms with Crippen LogP contribution in [0.25, 0.3) is 11.3 Å². The fourth-order valence-corrected chi connectivity index (χ4v) is 11.7. The Morgan fingerprint density at radius 2 is 0.891 bits per heavy atom. The van der Waals surface area contributed by atoms with Gasteiger partial charge in [-0.25, -0.2) is 19.6 Å². The minimum absolute atomic E-state index is 0. The molecular weight excluding hydrogens is 1340 g/mol. The van der Waals surface area contributed by atoms with Crippen molar-refractivity contribution < 1.29 is 97.0 Å². The van der Waals surface area contributed by atoms with E-state index in [4.69, 9.17) is 95.1 Å². The monoisotopic (exact) mass is 1430 g/mol. The minimum Gasteiger partial charge on any atom is -0.508 e. The number of rotatable bonds is 42. The van der Waals surface area contributed by atoms with Crippen LogP contribution in [-0.4, -0.2) is 278 Å². The van der Waals surface area contributed by atoms with Crippen molar-refractivity contribution in [3.8, 4) is 34.5 Å². The van der Waals surface area contributed by atoms with Crippen LogP contribution in [0.4, 0.5) is 34.4 Å². The molecule has 34 heteroatoms. The first-order chi connectivity index (χ1) is 48.9. The Hall–Kier alpha value is -8.29. The van der Waals surface area contributed by atoms with E-state index in [1.807, 2.05) is 42.5 Å². The summed E-state index contributed by atoms with van der Waals surface area (Å²) in [7, 11) is 2.19. The number of nitrogen functional groups attached to an aromatic ring is 2. The summed E-state index contributed by atoms with van der Waals surface area (Å²) in [4.78, 5) is 39.5.